The van der Waals surface area contributed by atoms with E-state index in [1.165, 1.54) is 0 Å². The van der Waals surface area contributed by atoms with E-state index >= 15 is 0 Å². The Morgan fingerprint density at radius 1 is 0.917 bits per heavy atom. The number of ether oxygens (including phenoxy) is 1. The number of ketones is 1. The molecule has 1 aliphatic heterocycles. The third-order valence-electron chi connectivity index (χ3n) is 6.11. The summed E-state index contributed by atoms with van der Waals surface area (Å²) in [5.74, 6) is -0.281. The van der Waals surface area contributed by atoms with E-state index in [4.69, 9.17) is 4.74 Å². The molecule has 2 atom stereocenters. The fourth-order valence-corrected chi connectivity index (χ4v) is 4.35. The lowest BCUT2D eigenvalue weighted by Crippen LogP contribution is -3.00. The topological polar surface area (TPSA) is 79.6 Å². The molecular weight excluding hydrogens is 478 g/mol. The first-order valence-corrected chi connectivity index (χ1v) is 11.9. The number of aromatic nitrogens is 1. The van der Waals surface area contributed by atoms with Crippen LogP contribution in [0.25, 0.3) is 0 Å². The highest BCUT2D eigenvalue weighted by molar-refractivity contribution is 5.92. The van der Waals surface area contributed by atoms with Crippen LogP contribution in [0.5, 0.6) is 0 Å². The third kappa shape index (κ3) is 7.39. The van der Waals surface area contributed by atoms with Gasteiger partial charge < -0.3 is 27.4 Å². The van der Waals surface area contributed by atoms with Crippen LogP contribution >= 0.6 is 0 Å². The molecule has 1 aromatic heterocycles. The van der Waals surface area contributed by atoms with Crippen LogP contribution in [-0.2, 0) is 33.9 Å². The molecule has 0 bridgehead atoms. The van der Waals surface area contributed by atoms with E-state index in [9.17, 15) is 14.4 Å². The van der Waals surface area contributed by atoms with Crippen LogP contribution in [-0.4, -0.2) is 41.3 Å². The summed E-state index contributed by atoms with van der Waals surface area (Å²) < 4.78 is 7.18. The zero-order valence-electron chi connectivity index (χ0n) is 20.0. The van der Waals surface area contributed by atoms with Gasteiger partial charge in [-0.25, -0.2) is 4.79 Å². The fourth-order valence-electron chi connectivity index (χ4n) is 4.35. The Labute approximate surface area is 217 Å². The van der Waals surface area contributed by atoms with Crippen molar-refractivity contribution in [1.29, 1.82) is 0 Å². The lowest BCUT2D eigenvalue weighted by atomic mass is 10.0. The van der Waals surface area contributed by atoms with Crippen molar-refractivity contribution >= 4 is 17.8 Å². The van der Waals surface area contributed by atoms with Crippen molar-refractivity contribution in [2.24, 2.45) is 0 Å². The largest absolute Gasteiger partial charge is 1.00 e. The summed E-state index contributed by atoms with van der Waals surface area (Å²) >= 11 is 0. The molecule has 1 N–H and O–H groups in total. The first-order valence-electron chi connectivity index (χ1n) is 11.9. The predicted molar refractivity (Wildman–Crippen MR) is 130 cm³/mol. The van der Waals surface area contributed by atoms with Crippen molar-refractivity contribution in [2.45, 2.75) is 44.5 Å². The number of hydrogen-bond donors (Lipinski definition) is 1. The second-order valence-corrected chi connectivity index (χ2v) is 8.65. The van der Waals surface area contributed by atoms with Crippen LogP contribution in [0.2, 0.25) is 0 Å². The Balaban J connectivity index is 0.00000361. The molecule has 1 saturated heterocycles. The first kappa shape index (κ1) is 26.9. The van der Waals surface area contributed by atoms with Gasteiger partial charge in [0.15, 0.2) is 12.4 Å². The summed E-state index contributed by atoms with van der Waals surface area (Å²) in [4.78, 5) is 40.9. The van der Waals surface area contributed by atoms with E-state index in [1.54, 1.807) is 4.90 Å². The summed E-state index contributed by atoms with van der Waals surface area (Å²) in [5.41, 5.74) is 1.77. The molecule has 2 unspecified atom stereocenters. The van der Waals surface area contributed by atoms with E-state index in [1.807, 2.05) is 95.8 Å². The van der Waals surface area contributed by atoms with Crippen LogP contribution in [0.4, 0.5) is 4.79 Å². The quantitative estimate of drug-likeness (QED) is 0.416. The minimum Gasteiger partial charge on any atom is -1.00 e. The maximum absolute atomic E-state index is 13.6. The Hall–Kier alpha value is -3.71. The average Bonchev–Trinajstić information content (AvgIpc) is 3.39. The average molecular weight is 508 g/mol. The fraction of sp³-hybridized carbons (Fsp3) is 0.286. The molecule has 1 fully saturated rings. The van der Waals surface area contributed by atoms with Crippen LogP contribution in [0, 0.1) is 0 Å². The molecule has 36 heavy (non-hydrogen) atoms. The van der Waals surface area contributed by atoms with E-state index in [2.05, 4.69) is 5.32 Å². The SMILES string of the molecule is O=C(NC(Cc1ccccc1)C(=O)N1CCCC1C(=O)C[n+]1ccccc1)OCc1ccccc1.[Cl-]. The van der Waals surface area contributed by atoms with Gasteiger partial charge in [0.2, 0.25) is 18.2 Å². The number of hydrogen-bond acceptors (Lipinski definition) is 4. The van der Waals surface area contributed by atoms with Crippen LogP contribution in [0.1, 0.15) is 24.0 Å². The molecule has 1 aliphatic rings. The van der Waals surface area contributed by atoms with Gasteiger partial charge in [-0.2, -0.15) is 4.57 Å². The molecule has 3 aromatic rings. The normalized spacial score (nSPS) is 15.4. The van der Waals surface area contributed by atoms with Crippen molar-refractivity contribution in [2.75, 3.05) is 6.54 Å². The zero-order chi connectivity index (χ0) is 24.5. The van der Waals surface area contributed by atoms with Gasteiger partial charge in [-0.1, -0.05) is 66.7 Å². The molecule has 0 radical (unpaired) electrons. The summed E-state index contributed by atoms with van der Waals surface area (Å²) in [6.07, 6.45) is 4.69. The van der Waals surface area contributed by atoms with Gasteiger partial charge in [-0.05, 0) is 24.0 Å². The highest BCUT2D eigenvalue weighted by Gasteiger charge is 2.38. The number of nitrogens with one attached hydrogen (secondary N) is 1. The standard InChI is InChI=1S/C28H29N3O4.ClH/c32-26(20-30-16-8-3-9-17-30)25-15-10-18-31(25)27(33)24(19-22-11-4-1-5-12-22)29-28(34)35-21-23-13-6-2-7-14-23;/h1-9,11-14,16-17,24-25H,10,15,18-21H2;1H. The molecule has 7 nitrogen and oxygen atoms in total. The maximum atomic E-state index is 13.6. The van der Waals surface area contributed by atoms with Crippen molar-refractivity contribution in [3.05, 3.63) is 102 Å². The molecule has 4 rings (SSSR count). The van der Waals surface area contributed by atoms with Gasteiger partial charge in [-0.15, -0.1) is 0 Å². The first-order chi connectivity index (χ1) is 17.1. The number of halogens is 1. The number of benzene rings is 2. The van der Waals surface area contributed by atoms with Crippen molar-refractivity contribution in [3.63, 3.8) is 0 Å². The van der Waals surface area contributed by atoms with Crippen LogP contribution < -0.4 is 22.3 Å². The Bertz CT molecular complexity index is 1130. The minimum absolute atomic E-state index is 0. The number of likely N-dealkylation sites (tertiary alicyclic amines) is 1. The summed E-state index contributed by atoms with van der Waals surface area (Å²) in [6.45, 7) is 0.796. The van der Waals surface area contributed by atoms with Crippen molar-refractivity contribution in [3.8, 4) is 0 Å². The van der Waals surface area contributed by atoms with E-state index in [-0.39, 0.29) is 37.2 Å². The van der Waals surface area contributed by atoms with Gasteiger partial charge in [-0.3, -0.25) is 9.59 Å². The summed E-state index contributed by atoms with van der Waals surface area (Å²) in [5, 5.41) is 2.75. The zero-order valence-corrected chi connectivity index (χ0v) is 20.7. The monoisotopic (exact) mass is 507 g/mol. The van der Waals surface area contributed by atoms with Gasteiger partial charge >= 0.3 is 6.09 Å². The number of carbonyl (C=O) groups excluding carboxylic acids is 3. The van der Waals surface area contributed by atoms with Crippen molar-refractivity contribution in [1.82, 2.24) is 10.2 Å². The minimum atomic E-state index is -0.835. The van der Waals surface area contributed by atoms with E-state index < -0.39 is 18.2 Å². The van der Waals surface area contributed by atoms with E-state index in [0.717, 1.165) is 17.5 Å². The highest BCUT2D eigenvalue weighted by Crippen LogP contribution is 2.20. The second-order valence-electron chi connectivity index (χ2n) is 8.65. The summed E-state index contributed by atoms with van der Waals surface area (Å²) in [6, 6.07) is 23.2. The van der Waals surface area contributed by atoms with E-state index in [0.29, 0.717) is 19.4 Å². The van der Waals surface area contributed by atoms with Gasteiger partial charge in [0.1, 0.15) is 12.6 Å². The van der Waals surface area contributed by atoms with Crippen LogP contribution in [0.3, 0.4) is 0 Å². The molecular formula is C28H30ClN3O4. The maximum Gasteiger partial charge on any atom is 0.408 e. The number of rotatable bonds is 9. The molecule has 2 aromatic carbocycles. The smallest absolute Gasteiger partial charge is 0.408 e. The predicted octanol–water partition coefficient (Wildman–Crippen LogP) is 0.0759. The Morgan fingerprint density at radius 3 is 2.19 bits per heavy atom. The number of carbonyl (C=O) groups is 3. The number of Topliss-reactive ketones (excluding diaryl/α,β-unsaturated/α-hetero) is 1. The number of alkyl carbamates (subject to hydrolysis) is 1. The van der Waals surface area contributed by atoms with Crippen molar-refractivity contribution < 1.29 is 36.1 Å². The number of pyridine rings is 1. The lowest BCUT2D eigenvalue weighted by molar-refractivity contribution is -0.684. The van der Waals surface area contributed by atoms with Gasteiger partial charge in [0.05, 0.1) is 6.04 Å². The third-order valence-corrected chi connectivity index (χ3v) is 6.11. The van der Waals surface area contributed by atoms with Gasteiger partial charge in [0.25, 0.3) is 0 Å². The number of nitrogens with zero attached hydrogens (tertiary/aromatic N) is 2. The van der Waals surface area contributed by atoms with Gasteiger partial charge in [0, 0.05) is 25.1 Å². The molecule has 0 spiro atoms. The number of amides is 2. The summed E-state index contributed by atoms with van der Waals surface area (Å²) in [7, 11) is 0. The Morgan fingerprint density at radius 2 is 1.53 bits per heavy atom. The second kappa shape index (κ2) is 13.4. The Kier molecular flexibility index (Phi) is 10.0. The molecule has 2 heterocycles. The lowest BCUT2D eigenvalue weighted by Gasteiger charge is -2.28. The highest BCUT2D eigenvalue weighted by atomic mass is 35.5. The molecule has 188 valence electrons. The van der Waals surface area contributed by atoms with Crippen LogP contribution in [0.15, 0.2) is 91.3 Å². The molecule has 0 aliphatic carbocycles. The molecule has 0 saturated carbocycles. The molecule has 8 heteroatoms. The molecule has 2 amide bonds.